The Morgan fingerprint density at radius 3 is 2.40 bits per heavy atom. The van der Waals surface area contributed by atoms with Gasteiger partial charge in [0.1, 0.15) is 5.75 Å². The Kier molecular flexibility index (Phi) is 11.0. The molecule has 4 aromatic carbocycles. The summed E-state index contributed by atoms with van der Waals surface area (Å²) in [5.74, 6) is 1.08. The van der Waals surface area contributed by atoms with Crippen molar-refractivity contribution >= 4 is 36.5 Å². The molecule has 276 valence electrons. The molecule has 0 unspecified atom stereocenters. The lowest BCUT2D eigenvalue weighted by molar-refractivity contribution is -0.138. The monoisotopic (exact) mass is 729 g/mol. The summed E-state index contributed by atoms with van der Waals surface area (Å²) in [5, 5.41) is 18.0. The Labute approximate surface area is 314 Å². The van der Waals surface area contributed by atoms with Crippen molar-refractivity contribution in [2.24, 2.45) is 11.0 Å². The van der Waals surface area contributed by atoms with Gasteiger partial charge in [-0.25, -0.2) is 5.01 Å². The summed E-state index contributed by atoms with van der Waals surface area (Å²) in [5.41, 5.74) is 6.38. The maximum Gasteiger partial charge on any atom is 0.247 e. The highest BCUT2D eigenvalue weighted by atomic mass is 28.3. The molecule has 1 N–H and O–H groups in total. The van der Waals surface area contributed by atoms with Crippen molar-refractivity contribution in [2.75, 3.05) is 18.7 Å². The number of carbonyl (C=O) groups excluding carboxylic acids is 2. The highest BCUT2D eigenvalue weighted by molar-refractivity contribution is 6.91. The number of aliphatic hydroxyl groups is 1. The minimum absolute atomic E-state index is 0.00344. The highest BCUT2D eigenvalue weighted by Crippen LogP contribution is 2.47. The van der Waals surface area contributed by atoms with Crippen LogP contribution in [0.4, 0.5) is 5.69 Å². The minimum Gasteiger partial charge on any atom is -0.497 e. The van der Waals surface area contributed by atoms with Crippen LogP contribution < -0.4 is 14.9 Å². The van der Waals surface area contributed by atoms with E-state index in [9.17, 15) is 14.7 Å². The number of benzene rings is 4. The van der Waals surface area contributed by atoms with Gasteiger partial charge in [-0.2, -0.15) is 5.10 Å². The van der Waals surface area contributed by atoms with Gasteiger partial charge in [-0.05, 0) is 77.2 Å². The van der Waals surface area contributed by atoms with Crippen molar-refractivity contribution in [3.05, 3.63) is 125 Å². The van der Waals surface area contributed by atoms with E-state index in [1.54, 1.807) is 12.1 Å². The second-order valence-corrected chi connectivity index (χ2v) is 20.1. The molecule has 1 fully saturated rings. The van der Waals surface area contributed by atoms with Gasteiger partial charge in [0.2, 0.25) is 11.8 Å². The second-order valence-electron chi connectivity index (χ2n) is 15.4. The third-order valence-corrected chi connectivity index (χ3v) is 16.2. The first-order valence-corrected chi connectivity index (χ1v) is 22.1. The number of carbonyl (C=O) groups is 2. The largest absolute Gasteiger partial charge is 0.497 e. The average molecular weight is 730 g/mol. The Hall–Kier alpha value is -4.57. The predicted molar refractivity (Wildman–Crippen MR) is 212 cm³/mol. The molecule has 4 aromatic rings. The van der Waals surface area contributed by atoms with E-state index < -0.39 is 8.07 Å². The predicted octanol–water partition coefficient (Wildman–Crippen LogP) is 6.88. The molecule has 2 amide bonds. The van der Waals surface area contributed by atoms with Crippen LogP contribution in [0.2, 0.25) is 18.6 Å². The molecule has 0 radical (unpaired) electrons. The summed E-state index contributed by atoms with van der Waals surface area (Å²) >= 11 is 0. The summed E-state index contributed by atoms with van der Waals surface area (Å²) in [7, 11) is -0.506. The van der Waals surface area contributed by atoms with E-state index in [1.165, 1.54) is 10.8 Å². The molecule has 3 heterocycles. The quantitative estimate of drug-likeness (QED) is 0.170. The van der Waals surface area contributed by atoms with Gasteiger partial charge in [-0.15, -0.1) is 0 Å². The molecule has 0 saturated carbocycles. The molecule has 1 saturated heterocycles. The van der Waals surface area contributed by atoms with Crippen LogP contribution in [-0.4, -0.2) is 67.6 Å². The first kappa shape index (κ1) is 36.8. The molecule has 3 aliphatic heterocycles. The standard InChI is InChI=1S/C44H51N3O5Si/c1-30-40(23-17-31-11-10-16-35(25-31)47-42(49)24-22-39(45-47)32-12-6-5-7-13-32)52-41(44(30)53(3,4)38-20-18-37(51-2)19-21-38)27-43(50)46-28-34-15-9-8-14-33(34)26-36(46)29-48/h5-16,18-21,25,30,36,40-41,44,48H,17,22-24,26-29H2,1-4H3/t30-,36-,40+,41-,44+/m0/s1. The zero-order valence-corrected chi connectivity index (χ0v) is 32.3. The van der Waals surface area contributed by atoms with Crippen LogP contribution in [0.25, 0.3) is 0 Å². The van der Waals surface area contributed by atoms with Gasteiger partial charge in [0.15, 0.2) is 0 Å². The average Bonchev–Trinajstić information content (AvgIpc) is 3.51. The number of amides is 2. The number of aliphatic hydroxyl groups excluding tert-OH is 1. The van der Waals surface area contributed by atoms with Crippen molar-refractivity contribution in [1.82, 2.24) is 4.90 Å². The van der Waals surface area contributed by atoms with Crippen LogP contribution in [0, 0.1) is 5.92 Å². The number of nitrogens with zero attached hydrogens (tertiary/aromatic N) is 3. The van der Waals surface area contributed by atoms with E-state index in [1.807, 2.05) is 71.6 Å². The third-order valence-electron chi connectivity index (χ3n) is 11.8. The molecular weight excluding hydrogens is 679 g/mol. The van der Waals surface area contributed by atoms with Gasteiger partial charge >= 0.3 is 0 Å². The molecule has 3 aliphatic rings. The summed E-state index contributed by atoms with van der Waals surface area (Å²) < 4.78 is 12.5. The maximum absolute atomic E-state index is 14.2. The van der Waals surface area contributed by atoms with E-state index in [2.05, 4.69) is 56.4 Å². The highest BCUT2D eigenvalue weighted by Gasteiger charge is 2.51. The fourth-order valence-corrected chi connectivity index (χ4v) is 13.0. The Balaban J connectivity index is 1.11. The van der Waals surface area contributed by atoms with Crippen LogP contribution in [-0.2, 0) is 33.7 Å². The molecule has 8 nitrogen and oxygen atoms in total. The summed E-state index contributed by atoms with van der Waals surface area (Å²) in [6, 6.07) is 34.6. The molecule has 0 aliphatic carbocycles. The normalized spacial score (nSPS) is 23.1. The molecule has 5 atom stereocenters. The second kappa shape index (κ2) is 15.8. The van der Waals surface area contributed by atoms with Gasteiger partial charge in [0.25, 0.3) is 0 Å². The van der Waals surface area contributed by atoms with Gasteiger partial charge in [-0.3, -0.25) is 9.59 Å². The van der Waals surface area contributed by atoms with Gasteiger partial charge in [0, 0.05) is 19.4 Å². The first-order valence-electron chi connectivity index (χ1n) is 19.0. The number of hydrogen-bond acceptors (Lipinski definition) is 6. The van der Waals surface area contributed by atoms with Crippen molar-refractivity contribution in [3.8, 4) is 5.75 Å². The lowest BCUT2D eigenvalue weighted by Crippen LogP contribution is -2.52. The number of hydrogen-bond donors (Lipinski definition) is 1. The molecule has 0 spiro atoms. The number of fused-ring (bicyclic) bond motifs is 1. The molecular formula is C44H51N3O5Si. The Morgan fingerprint density at radius 1 is 0.925 bits per heavy atom. The van der Waals surface area contributed by atoms with E-state index in [4.69, 9.17) is 14.6 Å². The third kappa shape index (κ3) is 7.74. The number of ether oxygens (including phenoxy) is 2. The van der Waals surface area contributed by atoms with E-state index in [0.717, 1.165) is 46.7 Å². The Morgan fingerprint density at radius 2 is 1.66 bits per heavy atom. The fraction of sp³-hybridized carbons (Fsp3) is 0.386. The minimum atomic E-state index is -2.19. The zero-order chi connectivity index (χ0) is 37.1. The van der Waals surface area contributed by atoms with Crippen molar-refractivity contribution in [1.29, 1.82) is 0 Å². The van der Waals surface area contributed by atoms with Crippen LogP contribution in [0.3, 0.4) is 0 Å². The maximum atomic E-state index is 14.2. The van der Waals surface area contributed by atoms with Crippen LogP contribution >= 0.6 is 0 Å². The number of hydrazone groups is 1. The van der Waals surface area contributed by atoms with Crippen molar-refractivity contribution in [2.45, 2.75) is 88.9 Å². The fourth-order valence-electron chi connectivity index (χ4n) is 8.92. The molecule has 53 heavy (non-hydrogen) atoms. The molecule has 0 aromatic heterocycles. The number of anilines is 1. The molecule has 7 rings (SSSR count). The molecule has 0 bridgehead atoms. The van der Waals surface area contributed by atoms with Crippen LogP contribution in [0.1, 0.15) is 54.9 Å². The number of rotatable bonds is 11. The summed E-state index contributed by atoms with van der Waals surface area (Å²) in [6.07, 6.45) is 3.26. The van der Waals surface area contributed by atoms with Gasteiger partial charge < -0.3 is 19.5 Å². The number of methoxy groups -OCH3 is 1. The van der Waals surface area contributed by atoms with Gasteiger partial charge in [0.05, 0.1) is 57.9 Å². The van der Waals surface area contributed by atoms with Crippen LogP contribution in [0.15, 0.2) is 108 Å². The smallest absolute Gasteiger partial charge is 0.247 e. The summed E-state index contributed by atoms with van der Waals surface area (Å²) in [4.78, 5) is 29.2. The van der Waals surface area contributed by atoms with Crippen molar-refractivity contribution in [3.63, 3.8) is 0 Å². The zero-order valence-electron chi connectivity index (χ0n) is 31.3. The summed E-state index contributed by atoms with van der Waals surface area (Å²) in [6.45, 7) is 7.53. The molecule has 9 heteroatoms. The lowest BCUT2D eigenvalue weighted by atomic mass is 9.93. The van der Waals surface area contributed by atoms with E-state index >= 15 is 0 Å². The topological polar surface area (TPSA) is 91.7 Å². The Bertz CT molecular complexity index is 1950. The van der Waals surface area contributed by atoms with E-state index in [-0.39, 0.29) is 54.6 Å². The van der Waals surface area contributed by atoms with Gasteiger partial charge in [-0.1, -0.05) is 104 Å². The van der Waals surface area contributed by atoms with Crippen molar-refractivity contribution < 1.29 is 24.2 Å². The first-order chi connectivity index (χ1) is 25.7. The SMILES string of the molecule is COc1ccc([Si](C)(C)[C@@H]2[C@@H](C)[C@@H](CCc3cccc(N4N=C(c5ccccc5)CCC4=O)c3)O[C@H]2CC(=O)N2Cc3ccccc3C[C@H]2CO)cc1. The van der Waals surface area contributed by atoms with E-state index in [0.29, 0.717) is 25.8 Å². The van der Waals surface area contributed by atoms with Crippen LogP contribution in [0.5, 0.6) is 5.75 Å². The number of aryl methyl sites for hydroxylation is 1. The lowest BCUT2D eigenvalue weighted by Gasteiger charge is -2.39.